The van der Waals surface area contributed by atoms with Gasteiger partial charge in [-0.05, 0) is 12.8 Å². The maximum atomic E-state index is 12.4. The van der Waals surface area contributed by atoms with Crippen LogP contribution in [0.1, 0.15) is 36.7 Å². The molecule has 3 N–H and O–H groups in total. The van der Waals surface area contributed by atoms with E-state index in [4.69, 9.17) is 5.73 Å². The average Bonchev–Trinajstić information content (AvgIpc) is 3.07. The molecule has 7 heteroatoms. The molecular formula is C14H22N4O3. The lowest BCUT2D eigenvalue weighted by molar-refractivity contribution is -0.148. The van der Waals surface area contributed by atoms with Crippen LogP contribution in [0.4, 0.5) is 0 Å². The molecule has 0 saturated carbocycles. The Labute approximate surface area is 123 Å². The van der Waals surface area contributed by atoms with Crippen LogP contribution in [0, 0.1) is 5.41 Å². The number of carboxylic acids is 1. The number of aliphatic carboxylic acids is 1. The van der Waals surface area contributed by atoms with Crippen LogP contribution < -0.4 is 5.73 Å². The number of nitrogens with zero attached hydrogens (tertiary/aromatic N) is 3. The molecular weight excluding hydrogens is 272 g/mol. The quantitative estimate of drug-likeness (QED) is 0.798. The number of carbonyl (C=O) groups excluding carboxylic acids is 1. The smallest absolute Gasteiger partial charge is 0.311 e. The molecule has 116 valence electrons. The molecule has 0 radical (unpaired) electrons. The molecule has 21 heavy (non-hydrogen) atoms. The van der Waals surface area contributed by atoms with Crippen molar-refractivity contribution in [1.29, 1.82) is 0 Å². The molecule has 1 atom stereocenters. The normalized spacial score (nSPS) is 21.7. The molecule has 0 aliphatic carbocycles. The Morgan fingerprint density at radius 1 is 1.52 bits per heavy atom. The number of hydrogen-bond acceptors (Lipinski definition) is 4. The van der Waals surface area contributed by atoms with Gasteiger partial charge in [-0.25, -0.2) is 4.98 Å². The van der Waals surface area contributed by atoms with Gasteiger partial charge in [0.2, 0.25) is 0 Å². The predicted octanol–water partition coefficient (Wildman–Crippen LogP) is 0.559. The standard InChI is InChI=1S/C14H22N4O3/c1-2-3-14(13(20)21)4-6-18(9-14)12(19)11-8-17(7-5-15)10-16-11/h8,10H,2-7,9,15H2,1H3,(H,20,21). The zero-order chi connectivity index (χ0) is 15.5. The highest BCUT2D eigenvalue weighted by Gasteiger charge is 2.45. The Morgan fingerprint density at radius 3 is 2.90 bits per heavy atom. The first-order chi connectivity index (χ1) is 10.0. The van der Waals surface area contributed by atoms with E-state index in [1.807, 2.05) is 6.92 Å². The van der Waals surface area contributed by atoms with Crippen LogP contribution in [0.3, 0.4) is 0 Å². The lowest BCUT2D eigenvalue weighted by Gasteiger charge is -2.23. The Kier molecular flexibility index (Phi) is 4.62. The largest absolute Gasteiger partial charge is 0.481 e. The minimum absolute atomic E-state index is 0.204. The third kappa shape index (κ3) is 3.07. The van der Waals surface area contributed by atoms with Gasteiger partial charge < -0.3 is 20.3 Å². The summed E-state index contributed by atoms with van der Waals surface area (Å²) in [5.74, 6) is -1.02. The predicted molar refractivity (Wildman–Crippen MR) is 76.8 cm³/mol. The first-order valence-electron chi connectivity index (χ1n) is 7.27. The Hall–Kier alpha value is -1.89. The molecule has 1 amide bonds. The molecule has 0 aromatic carbocycles. The SMILES string of the molecule is CCCC1(C(=O)O)CCN(C(=O)c2cn(CCN)cn2)C1. The molecule has 2 rings (SSSR count). The molecule has 2 heterocycles. The van der Waals surface area contributed by atoms with Crippen molar-refractivity contribution in [2.24, 2.45) is 11.1 Å². The van der Waals surface area contributed by atoms with Crippen LogP contribution in [0.25, 0.3) is 0 Å². The van der Waals surface area contributed by atoms with Gasteiger partial charge in [-0.2, -0.15) is 0 Å². The van der Waals surface area contributed by atoms with Crippen LogP contribution in [-0.2, 0) is 11.3 Å². The summed E-state index contributed by atoms with van der Waals surface area (Å²) in [7, 11) is 0. The third-order valence-electron chi connectivity index (χ3n) is 4.06. The van der Waals surface area contributed by atoms with Crippen molar-refractivity contribution in [3.05, 3.63) is 18.2 Å². The lowest BCUT2D eigenvalue weighted by Crippen LogP contribution is -2.37. The minimum atomic E-state index is -0.812. The Balaban J connectivity index is 2.08. The van der Waals surface area contributed by atoms with E-state index in [9.17, 15) is 14.7 Å². The van der Waals surface area contributed by atoms with Gasteiger partial charge in [-0.3, -0.25) is 9.59 Å². The maximum absolute atomic E-state index is 12.4. The van der Waals surface area contributed by atoms with Crippen LogP contribution in [0.5, 0.6) is 0 Å². The van der Waals surface area contributed by atoms with Crippen molar-refractivity contribution in [1.82, 2.24) is 14.5 Å². The van der Waals surface area contributed by atoms with E-state index in [2.05, 4.69) is 4.98 Å². The first kappa shape index (κ1) is 15.5. The number of carbonyl (C=O) groups is 2. The molecule has 1 aliphatic rings. The van der Waals surface area contributed by atoms with Gasteiger partial charge in [0.15, 0.2) is 0 Å². The summed E-state index contributed by atoms with van der Waals surface area (Å²) in [5, 5.41) is 9.47. The van der Waals surface area contributed by atoms with E-state index in [1.165, 1.54) is 0 Å². The van der Waals surface area contributed by atoms with Crippen LogP contribution in [0.2, 0.25) is 0 Å². The highest BCUT2D eigenvalue weighted by atomic mass is 16.4. The van der Waals surface area contributed by atoms with Crippen molar-refractivity contribution in [3.63, 3.8) is 0 Å². The molecule has 1 aromatic heterocycles. The number of likely N-dealkylation sites (tertiary alicyclic amines) is 1. The molecule has 1 aromatic rings. The van der Waals surface area contributed by atoms with Gasteiger partial charge in [0.05, 0.1) is 11.7 Å². The Bertz CT molecular complexity index is 528. The van der Waals surface area contributed by atoms with Crippen molar-refractivity contribution >= 4 is 11.9 Å². The van der Waals surface area contributed by atoms with Crippen LogP contribution in [0.15, 0.2) is 12.5 Å². The molecule has 0 bridgehead atoms. The number of imidazole rings is 1. The molecule has 1 saturated heterocycles. The van der Waals surface area contributed by atoms with E-state index in [1.54, 1.807) is 22.0 Å². The van der Waals surface area contributed by atoms with E-state index >= 15 is 0 Å². The fraction of sp³-hybridized carbons (Fsp3) is 0.643. The van der Waals surface area contributed by atoms with Gasteiger partial charge in [-0.15, -0.1) is 0 Å². The number of hydrogen-bond donors (Lipinski definition) is 2. The maximum Gasteiger partial charge on any atom is 0.311 e. The topological polar surface area (TPSA) is 101 Å². The second-order valence-electron chi connectivity index (χ2n) is 5.60. The summed E-state index contributed by atoms with van der Waals surface area (Å²) in [6.45, 7) is 3.78. The number of rotatable bonds is 6. The van der Waals surface area contributed by atoms with Crippen molar-refractivity contribution in [3.8, 4) is 0 Å². The fourth-order valence-corrected chi connectivity index (χ4v) is 2.91. The fourth-order valence-electron chi connectivity index (χ4n) is 2.91. The number of carboxylic acid groups (broad SMARTS) is 1. The van der Waals surface area contributed by atoms with E-state index in [-0.39, 0.29) is 12.5 Å². The second kappa shape index (κ2) is 6.26. The molecule has 7 nitrogen and oxygen atoms in total. The van der Waals surface area contributed by atoms with Gasteiger partial charge in [0.1, 0.15) is 5.69 Å². The second-order valence-corrected chi connectivity index (χ2v) is 5.60. The molecule has 1 unspecified atom stereocenters. The van der Waals surface area contributed by atoms with E-state index in [0.29, 0.717) is 38.2 Å². The van der Waals surface area contributed by atoms with Crippen molar-refractivity contribution in [2.45, 2.75) is 32.7 Å². The average molecular weight is 294 g/mol. The number of amides is 1. The summed E-state index contributed by atoms with van der Waals surface area (Å²) in [6, 6.07) is 0. The number of aromatic nitrogens is 2. The minimum Gasteiger partial charge on any atom is -0.481 e. The highest BCUT2D eigenvalue weighted by molar-refractivity contribution is 5.93. The van der Waals surface area contributed by atoms with E-state index in [0.717, 1.165) is 6.42 Å². The zero-order valence-electron chi connectivity index (χ0n) is 12.3. The summed E-state index contributed by atoms with van der Waals surface area (Å²) >= 11 is 0. The summed E-state index contributed by atoms with van der Waals surface area (Å²) in [5.41, 5.74) is 5.01. The Morgan fingerprint density at radius 2 is 2.29 bits per heavy atom. The van der Waals surface area contributed by atoms with Crippen molar-refractivity contribution < 1.29 is 14.7 Å². The molecule has 1 fully saturated rings. The third-order valence-corrected chi connectivity index (χ3v) is 4.06. The van der Waals surface area contributed by atoms with Gasteiger partial charge >= 0.3 is 5.97 Å². The van der Waals surface area contributed by atoms with Crippen LogP contribution in [-0.4, -0.2) is 51.1 Å². The molecule has 0 spiro atoms. The number of nitrogens with two attached hydrogens (primary N) is 1. The van der Waals surface area contributed by atoms with Crippen molar-refractivity contribution in [2.75, 3.05) is 19.6 Å². The first-order valence-corrected chi connectivity index (χ1v) is 7.27. The molecule has 1 aliphatic heterocycles. The summed E-state index contributed by atoms with van der Waals surface area (Å²) < 4.78 is 1.76. The highest BCUT2D eigenvalue weighted by Crippen LogP contribution is 2.36. The van der Waals surface area contributed by atoms with Crippen LogP contribution >= 0.6 is 0 Å². The van der Waals surface area contributed by atoms with E-state index < -0.39 is 11.4 Å². The lowest BCUT2D eigenvalue weighted by atomic mass is 9.83. The van der Waals surface area contributed by atoms with Gasteiger partial charge in [-0.1, -0.05) is 13.3 Å². The van der Waals surface area contributed by atoms with Gasteiger partial charge in [0.25, 0.3) is 5.91 Å². The summed E-state index contributed by atoms with van der Waals surface area (Å²) in [4.78, 5) is 29.6. The van der Waals surface area contributed by atoms with Gasteiger partial charge in [0, 0.05) is 32.4 Å². The monoisotopic (exact) mass is 294 g/mol. The summed E-state index contributed by atoms with van der Waals surface area (Å²) in [6.07, 6.45) is 5.13. The zero-order valence-corrected chi connectivity index (χ0v) is 12.3.